The van der Waals surface area contributed by atoms with Crippen LogP contribution in [0.3, 0.4) is 0 Å². The summed E-state index contributed by atoms with van der Waals surface area (Å²) in [6, 6.07) is 0. The number of aliphatic carboxylic acids is 1. The van der Waals surface area contributed by atoms with Crippen LogP contribution in [-0.2, 0) is 14.3 Å². The van der Waals surface area contributed by atoms with Gasteiger partial charge < -0.3 is 40.1 Å². The van der Waals surface area contributed by atoms with E-state index < -0.39 is 60.2 Å². The summed E-state index contributed by atoms with van der Waals surface area (Å²) in [5, 5.41) is 63.7. The summed E-state index contributed by atoms with van der Waals surface area (Å²) < 4.78 is 12.2. The van der Waals surface area contributed by atoms with E-state index in [0.29, 0.717) is 24.7 Å². The van der Waals surface area contributed by atoms with Crippen molar-refractivity contribution >= 4 is 5.97 Å². The Morgan fingerprint density at radius 1 is 0.911 bits per heavy atom. The summed E-state index contributed by atoms with van der Waals surface area (Å²) in [6.45, 7) is 15.2. The lowest BCUT2D eigenvalue weighted by atomic mass is 9.33. The van der Waals surface area contributed by atoms with Gasteiger partial charge in [0, 0.05) is 5.92 Å². The summed E-state index contributed by atoms with van der Waals surface area (Å²) in [5.41, 5.74) is -1.41. The van der Waals surface area contributed by atoms with Crippen molar-refractivity contribution in [2.24, 2.45) is 50.7 Å². The van der Waals surface area contributed by atoms with Crippen LogP contribution in [0.15, 0.2) is 11.6 Å². The first kappa shape index (κ1) is 33.8. The van der Waals surface area contributed by atoms with Crippen LogP contribution in [0.5, 0.6) is 0 Å². The normalized spacial score (nSPS) is 55.8. The molecule has 9 heteroatoms. The second-order valence-electron chi connectivity index (χ2n) is 17.5. The molecule has 6 rings (SSSR count). The number of rotatable bonds is 4. The number of carboxylic acid groups (broad SMARTS) is 1. The fourth-order valence-corrected chi connectivity index (χ4v) is 12.4. The molecule has 15 atom stereocenters. The smallest absolute Gasteiger partial charge is 0.310 e. The van der Waals surface area contributed by atoms with Crippen molar-refractivity contribution in [1.82, 2.24) is 0 Å². The maximum Gasteiger partial charge on any atom is 0.310 e. The Kier molecular flexibility index (Phi) is 8.05. The molecule has 5 fully saturated rings. The van der Waals surface area contributed by atoms with E-state index in [1.54, 1.807) is 0 Å². The first-order valence-corrected chi connectivity index (χ1v) is 17.4. The van der Waals surface area contributed by atoms with E-state index in [1.807, 2.05) is 6.92 Å². The molecule has 0 spiro atoms. The van der Waals surface area contributed by atoms with E-state index >= 15 is 0 Å². The third kappa shape index (κ3) is 4.39. The summed E-state index contributed by atoms with van der Waals surface area (Å²) in [7, 11) is 0. The first-order valence-electron chi connectivity index (χ1n) is 17.4. The SMILES string of the molecule is C[C@@H]1CC[C@]2(C(=O)O)CC[C@]3(C)C(=CC[C@@H]4[C@@]5(C)CC[C@H](O[C@@H]6O[C@H](CO)[C@@H](O)[C@H](O)[C@H]6O)C(C)(C)[C@@H]5CC[C@]43C)[C@@H]2[C@]1(C)O. The van der Waals surface area contributed by atoms with Crippen LogP contribution >= 0.6 is 0 Å². The minimum Gasteiger partial charge on any atom is -0.481 e. The van der Waals surface area contributed by atoms with Crippen molar-refractivity contribution < 1.29 is 44.9 Å². The zero-order valence-corrected chi connectivity index (χ0v) is 28.3. The lowest BCUT2D eigenvalue weighted by molar-refractivity contribution is -0.330. The molecule has 5 aliphatic carbocycles. The molecule has 0 aromatic rings. The molecule has 0 amide bonds. The summed E-state index contributed by atoms with van der Waals surface area (Å²) in [5.74, 6) is -0.452. The summed E-state index contributed by atoms with van der Waals surface area (Å²) in [4.78, 5) is 13.0. The van der Waals surface area contributed by atoms with Crippen molar-refractivity contribution in [1.29, 1.82) is 0 Å². The third-order valence-corrected chi connectivity index (χ3v) is 15.6. The number of fused-ring (bicyclic) bond motifs is 7. The summed E-state index contributed by atoms with van der Waals surface area (Å²) in [6.07, 6.45) is 2.86. The highest BCUT2D eigenvalue weighted by Crippen LogP contribution is 2.76. The number of allylic oxidation sites excluding steroid dienone is 1. The maximum atomic E-state index is 13.0. The topological polar surface area (TPSA) is 157 Å². The van der Waals surface area contributed by atoms with Crippen LogP contribution < -0.4 is 0 Å². The number of aliphatic hydroxyl groups is 5. The molecular formula is C36H58O9. The number of aliphatic hydroxyl groups excluding tert-OH is 4. The maximum absolute atomic E-state index is 13.0. The Morgan fingerprint density at radius 2 is 1.60 bits per heavy atom. The van der Waals surface area contributed by atoms with E-state index in [1.165, 1.54) is 5.57 Å². The molecule has 6 aliphatic rings. The van der Waals surface area contributed by atoms with Gasteiger partial charge in [-0.15, -0.1) is 0 Å². The van der Waals surface area contributed by atoms with Gasteiger partial charge in [0.1, 0.15) is 24.4 Å². The van der Waals surface area contributed by atoms with Crippen molar-refractivity contribution in [3.63, 3.8) is 0 Å². The van der Waals surface area contributed by atoms with E-state index in [2.05, 4.69) is 47.6 Å². The van der Waals surface area contributed by atoms with E-state index in [0.717, 1.165) is 44.9 Å². The lowest BCUT2D eigenvalue weighted by Gasteiger charge is -2.72. The molecule has 0 radical (unpaired) electrons. The van der Waals surface area contributed by atoms with Crippen molar-refractivity contribution in [3.8, 4) is 0 Å². The Balaban J connectivity index is 1.31. The van der Waals surface area contributed by atoms with Crippen LogP contribution in [0.25, 0.3) is 0 Å². The van der Waals surface area contributed by atoms with Crippen molar-refractivity contribution in [2.75, 3.05) is 6.61 Å². The van der Waals surface area contributed by atoms with Gasteiger partial charge in [-0.05, 0) is 104 Å². The Bertz CT molecular complexity index is 1210. The molecule has 4 saturated carbocycles. The molecule has 1 saturated heterocycles. The van der Waals surface area contributed by atoms with Gasteiger partial charge in [-0.3, -0.25) is 4.79 Å². The standard InChI is InChI=1S/C36H58O9/c1-19-10-15-36(30(41)42)17-16-33(5)20(28(36)35(19,7)43)8-9-23-32(4)13-12-24(31(2,3)22(32)11-14-34(23,33)6)45-29-27(40)26(39)25(38)21(18-37)44-29/h8,19,21-29,37-40,43H,9-18H2,1-7H3,(H,41,42)/t19-,21-,22+,23-,24+,25-,26+,27-,28-,29+,32+,33-,34-,35-,36+/m1/s1. The highest BCUT2D eigenvalue weighted by molar-refractivity contribution is 5.77. The lowest BCUT2D eigenvalue weighted by Crippen LogP contribution is -2.68. The Morgan fingerprint density at radius 3 is 2.24 bits per heavy atom. The van der Waals surface area contributed by atoms with Crippen LogP contribution in [0.1, 0.15) is 106 Å². The molecule has 6 N–H and O–H groups in total. The molecular weight excluding hydrogens is 576 g/mol. The number of hydrogen-bond donors (Lipinski definition) is 6. The predicted molar refractivity (Wildman–Crippen MR) is 167 cm³/mol. The average Bonchev–Trinajstić information content (AvgIpc) is 2.96. The van der Waals surface area contributed by atoms with Gasteiger partial charge in [-0.2, -0.15) is 0 Å². The molecule has 0 unspecified atom stereocenters. The third-order valence-electron chi connectivity index (χ3n) is 15.6. The highest BCUT2D eigenvalue weighted by atomic mass is 16.7. The van der Waals surface area contributed by atoms with Gasteiger partial charge in [0.15, 0.2) is 6.29 Å². The predicted octanol–water partition coefficient (Wildman–Crippen LogP) is 4.03. The fraction of sp³-hybridized carbons (Fsp3) is 0.917. The molecule has 256 valence electrons. The first-order chi connectivity index (χ1) is 20.8. The van der Waals surface area contributed by atoms with Gasteiger partial charge in [0.05, 0.1) is 23.7 Å². The van der Waals surface area contributed by atoms with Gasteiger partial charge >= 0.3 is 5.97 Å². The zero-order chi connectivity index (χ0) is 33.1. The zero-order valence-electron chi connectivity index (χ0n) is 28.3. The van der Waals surface area contributed by atoms with Crippen molar-refractivity contribution in [2.45, 2.75) is 149 Å². The number of carbonyl (C=O) groups is 1. The minimum atomic E-state index is -1.47. The molecule has 0 bridgehead atoms. The largest absolute Gasteiger partial charge is 0.481 e. The van der Waals surface area contributed by atoms with Crippen molar-refractivity contribution in [3.05, 3.63) is 11.6 Å². The Hall–Kier alpha value is -1.07. The average molecular weight is 635 g/mol. The van der Waals surface area contributed by atoms with E-state index in [4.69, 9.17) is 9.47 Å². The fourth-order valence-electron chi connectivity index (χ4n) is 12.4. The number of ether oxygens (including phenoxy) is 2. The molecule has 45 heavy (non-hydrogen) atoms. The molecule has 1 aliphatic heterocycles. The molecule has 9 nitrogen and oxygen atoms in total. The van der Waals surface area contributed by atoms with Gasteiger partial charge in [0.25, 0.3) is 0 Å². The summed E-state index contributed by atoms with van der Waals surface area (Å²) >= 11 is 0. The minimum absolute atomic E-state index is 0.0134. The Labute approximate surface area is 268 Å². The van der Waals surface area contributed by atoms with Gasteiger partial charge in [0.2, 0.25) is 0 Å². The number of carboxylic acids is 1. The molecule has 0 aromatic heterocycles. The molecule has 0 aromatic carbocycles. The molecule has 1 heterocycles. The highest BCUT2D eigenvalue weighted by Gasteiger charge is 2.71. The van der Waals surface area contributed by atoms with Crippen LogP contribution in [0.2, 0.25) is 0 Å². The van der Waals surface area contributed by atoms with Gasteiger partial charge in [-0.1, -0.05) is 53.2 Å². The van der Waals surface area contributed by atoms with Crippen LogP contribution in [-0.4, -0.2) is 85.6 Å². The van der Waals surface area contributed by atoms with E-state index in [9.17, 15) is 35.4 Å². The van der Waals surface area contributed by atoms with Crippen LogP contribution in [0.4, 0.5) is 0 Å². The second kappa shape index (κ2) is 10.7. The number of hydrogen-bond acceptors (Lipinski definition) is 8. The monoisotopic (exact) mass is 634 g/mol. The quantitative estimate of drug-likeness (QED) is 0.199. The van der Waals surface area contributed by atoms with E-state index in [-0.39, 0.29) is 33.7 Å². The van der Waals surface area contributed by atoms with Crippen LogP contribution in [0, 0.1) is 50.7 Å². The van der Waals surface area contributed by atoms with Gasteiger partial charge in [-0.25, -0.2) is 0 Å². The second-order valence-corrected chi connectivity index (χ2v) is 17.5.